The maximum atomic E-state index is 13.1. The van der Waals surface area contributed by atoms with Gasteiger partial charge in [-0.1, -0.05) is 37.8 Å². The van der Waals surface area contributed by atoms with Crippen LogP contribution < -0.4 is 16.1 Å². The van der Waals surface area contributed by atoms with Crippen LogP contribution in [-0.4, -0.2) is 27.2 Å². The number of hydrogen-bond acceptors (Lipinski definition) is 5. The van der Waals surface area contributed by atoms with E-state index in [0.717, 1.165) is 17.8 Å². The van der Waals surface area contributed by atoms with Crippen molar-refractivity contribution in [3.63, 3.8) is 0 Å². The molecule has 0 atom stereocenters. The minimum atomic E-state index is -1.03. The Bertz CT molecular complexity index is 1180. The number of para-hydroxylation sites is 1. The van der Waals surface area contributed by atoms with E-state index in [9.17, 15) is 9.59 Å². The van der Waals surface area contributed by atoms with E-state index >= 15 is 0 Å². The maximum Gasteiger partial charge on any atom is 0.322 e. The third-order valence-electron chi connectivity index (χ3n) is 4.53. The molecule has 0 spiro atoms. The summed E-state index contributed by atoms with van der Waals surface area (Å²) in [7, 11) is 0. The first kappa shape index (κ1) is 20.9. The van der Waals surface area contributed by atoms with Crippen LogP contribution in [0.15, 0.2) is 71.7 Å². The lowest BCUT2D eigenvalue weighted by Crippen LogP contribution is -2.19. The number of hydrogen-bond donors (Lipinski definition) is 3. The number of aromatic nitrogens is 2. The summed E-state index contributed by atoms with van der Waals surface area (Å²) < 4.78 is 1.93. The van der Waals surface area contributed by atoms with Gasteiger partial charge in [-0.05, 0) is 37.6 Å². The van der Waals surface area contributed by atoms with Crippen LogP contribution in [0.4, 0.5) is 11.6 Å². The Kier molecular flexibility index (Phi) is 6.32. The number of rotatable bonds is 8. The SMILES string of the molecule is C=C/C=C(\CC)Nc1cc(=O)c2c(NCC(=O)O)nc(C)cc2n1-c1ccccc1. The van der Waals surface area contributed by atoms with Crippen LogP contribution in [0.25, 0.3) is 16.6 Å². The lowest BCUT2D eigenvalue weighted by molar-refractivity contribution is -0.134. The minimum Gasteiger partial charge on any atom is -0.480 e. The van der Waals surface area contributed by atoms with Crippen LogP contribution in [-0.2, 0) is 4.79 Å². The average Bonchev–Trinajstić information content (AvgIpc) is 2.72. The van der Waals surface area contributed by atoms with E-state index in [1.54, 1.807) is 13.0 Å². The van der Waals surface area contributed by atoms with Crippen molar-refractivity contribution < 1.29 is 9.90 Å². The molecule has 3 N–H and O–H groups in total. The monoisotopic (exact) mass is 404 g/mol. The van der Waals surface area contributed by atoms with Crippen molar-refractivity contribution in [1.29, 1.82) is 0 Å². The van der Waals surface area contributed by atoms with Crippen LogP contribution >= 0.6 is 0 Å². The molecule has 7 nitrogen and oxygen atoms in total. The Balaban J connectivity index is 2.34. The van der Waals surface area contributed by atoms with Gasteiger partial charge in [-0.25, -0.2) is 4.98 Å². The van der Waals surface area contributed by atoms with Crippen LogP contribution in [0.1, 0.15) is 19.0 Å². The highest BCUT2D eigenvalue weighted by Gasteiger charge is 2.17. The number of carboxylic acid groups (broad SMARTS) is 1. The lowest BCUT2D eigenvalue weighted by Gasteiger charge is -2.20. The summed E-state index contributed by atoms with van der Waals surface area (Å²) >= 11 is 0. The summed E-state index contributed by atoms with van der Waals surface area (Å²) in [4.78, 5) is 28.5. The highest BCUT2D eigenvalue weighted by atomic mass is 16.4. The summed E-state index contributed by atoms with van der Waals surface area (Å²) in [5.41, 5.74) is 2.80. The van der Waals surface area contributed by atoms with Gasteiger partial charge < -0.3 is 15.7 Å². The zero-order chi connectivity index (χ0) is 21.7. The molecule has 0 unspecified atom stereocenters. The van der Waals surface area contributed by atoms with Crippen molar-refractivity contribution in [3.05, 3.63) is 82.8 Å². The number of allylic oxidation sites excluding steroid dienone is 3. The van der Waals surface area contributed by atoms with E-state index in [1.807, 2.05) is 54.0 Å². The second-order valence-electron chi connectivity index (χ2n) is 6.72. The van der Waals surface area contributed by atoms with Gasteiger partial charge in [0.05, 0.1) is 10.9 Å². The second kappa shape index (κ2) is 9.09. The van der Waals surface area contributed by atoms with Gasteiger partial charge in [0.2, 0.25) is 0 Å². The van der Waals surface area contributed by atoms with Crippen molar-refractivity contribution in [2.45, 2.75) is 20.3 Å². The second-order valence-corrected chi connectivity index (χ2v) is 6.72. The summed E-state index contributed by atoms with van der Waals surface area (Å²) in [6.45, 7) is 7.23. The molecule has 3 aromatic rings. The van der Waals surface area contributed by atoms with Crippen LogP contribution in [0.5, 0.6) is 0 Å². The van der Waals surface area contributed by atoms with E-state index in [-0.39, 0.29) is 17.8 Å². The first-order valence-electron chi connectivity index (χ1n) is 9.61. The number of benzene rings is 1. The van der Waals surface area contributed by atoms with Gasteiger partial charge in [0.1, 0.15) is 18.2 Å². The van der Waals surface area contributed by atoms with Crippen LogP contribution in [0.2, 0.25) is 0 Å². The molecule has 0 saturated carbocycles. The number of anilines is 2. The maximum absolute atomic E-state index is 13.1. The molecule has 0 saturated heterocycles. The Morgan fingerprint density at radius 3 is 2.63 bits per heavy atom. The zero-order valence-corrected chi connectivity index (χ0v) is 17.0. The molecule has 0 radical (unpaired) electrons. The smallest absolute Gasteiger partial charge is 0.322 e. The molecule has 7 heteroatoms. The topological polar surface area (TPSA) is 96.2 Å². The predicted octanol–water partition coefficient (Wildman–Crippen LogP) is 4.08. The van der Waals surface area contributed by atoms with E-state index < -0.39 is 5.97 Å². The van der Waals surface area contributed by atoms with E-state index in [0.29, 0.717) is 22.4 Å². The van der Waals surface area contributed by atoms with Gasteiger partial charge in [-0.2, -0.15) is 0 Å². The first-order valence-corrected chi connectivity index (χ1v) is 9.61. The van der Waals surface area contributed by atoms with E-state index in [2.05, 4.69) is 22.2 Å². The van der Waals surface area contributed by atoms with Gasteiger partial charge >= 0.3 is 5.97 Å². The first-order chi connectivity index (χ1) is 14.4. The Hall–Kier alpha value is -3.87. The van der Waals surface area contributed by atoms with Gasteiger partial charge in [0, 0.05) is 23.1 Å². The summed E-state index contributed by atoms with van der Waals surface area (Å²) in [6.07, 6.45) is 4.29. The van der Waals surface area contributed by atoms with Gasteiger partial charge in [-0.15, -0.1) is 0 Å². The summed E-state index contributed by atoms with van der Waals surface area (Å²) in [6, 6.07) is 13.0. The minimum absolute atomic E-state index is 0.255. The molecule has 3 rings (SSSR count). The molecule has 0 fully saturated rings. The van der Waals surface area contributed by atoms with Gasteiger partial charge in [0.25, 0.3) is 0 Å². The summed E-state index contributed by atoms with van der Waals surface area (Å²) in [5, 5.41) is 15.5. The molecule has 30 heavy (non-hydrogen) atoms. The Labute approximate surface area is 174 Å². The largest absolute Gasteiger partial charge is 0.480 e. The van der Waals surface area contributed by atoms with E-state index in [4.69, 9.17) is 5.11 Å². The van der Waals surface area contributed by atoms with Crippen molar-refractivity contribution >= 4 is 28.5 Å². The lowest BCUT2D eigenvalue weighted by atomic mass is 10.1. The van der Waals surface area contributed by atoms with Crippen LogP contribution in [0.3, 0.4) is 0 Å². The highest BCUT2D eigenvalue weighted by Crippen LogP contribution is 2.27. The number of aryl methyl sites for hydroxylation is 1. The molecule has 0 aliphatic rings. The Morgan fingerprint density at radius 1 is 1.27 bits per heavy atom. The number of carbonyl (C=O) groups is 1. The number of aliphatic carboxylic acids is 1. The molecule has 0 aliphatic heterocycles. The molecule has 2 heterocycles. The third kappa shape index (κ3) is 4.41. The van der Waals surface area contributed by atoms with Crippen molar-refractivity contribution in [3.8, 4) is 5.69 Å². The fourth-order valence-corrected chi connectivity index (χ4v) is 3.25. The standard InChI is InChI=1S/C23H24N4O3/c1-4-9-16(5-2)26-20-13-19(28)22-18(27(20)17-10-7-6-8-11-17)12-15(3)25-23(22)24-14-21(29)30/h4,6-13,26H,1,5,14H2,2-3H3,(H,24,25)(H,29,30)/b16-9+. The molecule has 0 aliphatic carbocycles. The van der Waals surface area contributed by atoms with E-state index in [1.165, 1.54) is 6.07 Å². The summed E-state index contributed by atoms with van der Waals surface area (Å²) in [5.74, 6) is -0.176. The average molecular weight is 404 g/mol. The molecule has 1 aromatic carbocycles. The number of nitrogens with one attached hydrogen (secondary N) is 2. The zero-order valence-electron chi connectivity index (χ0n) is 17.0. The predicted molar refractivity (Wildman–Crippen MR) is 120 cm³/mol. The van der Waals surface area contributed by atoms with Crippen molar-refractivity contribution in [2.24, 2.45) is 0 Å². The molecule has 154 valence electrons. The number of nitrogens with zero attached hydrogens (tertiary/aromatic N) is 2. The molecular weight excluding hydrogens is 380 g/mol. The molecule has 0 bridgehead atoms. The number of fused-ring (bicyclic) bond motifs is 1. The van der Waals surface area contributed by atoms with Crippen molar-refractivity contribution in [1.82, 2.24) is 9.55 Å². The highest BCUT2D eigenvalue weighted by molar-refractivity contribution is 5.93. The fourth-order valence-electron chi connectivity index (χ4n) is 3.25. The molecule has 0 amide bonds. The normalized spacial score (nSPS) is 11.3. The molecule has 2 aromatic heterocycles. The fraction of sp³-hybridized carbons (Fsp3) is 0.174. The van der Waals surface area contributed by atoms with Gasteiger partial charge in [0.15, 0.2) is 5.43 Å². The number of pyridine rings is 2. The molecular formula is C23H24N4O3. The quantitative estimate of drug-likeness (QED) is 0.490. The number of carboxylic acids is 1. The van der Waals surface area contributed by atoms with Gasteiger partial charge in [-0.3, -0.25) is 14.2 Å². The third-order valence-corrected chi connectivity index (χ3v) is 4.53. The van der Waals surface area contributed by atoms with Crippen molar-refractivity contribution in [2.75, 3.05) is 17.2 Å². The Morgan fingerprint density at radius 2 is 2.00 bits per heavy atom. The van der Waals surface area contributed by atoms with Crippen LogP contribution in [0, 0.1) is 6.92 Å².